The molecule has 0 spiro atoms. The Morgan fingerprint density at radius 1 is 1.06 bits per heavy atom. The number of fused-ring (bicyclic) bond motifs is 3. The Morgan fingerprint density at radius 2 is 1.69 bits per heavy atom. The molecule has 186 valence electrons. The monoisotopic (exact) mass is 480 g/mol. The number of hydrogen-bond donors (Lipinski definition) is 2. The quantitative estimate of drug-likeness (QED) is 0.529. The summed E-state index contributed by atoms with van der Waals surface area (Å²) in [5.41, 5.74) is 3.42. The zero-order valence-electron chi connectivity index (χ0n) is 20.2. The number of carbonyl (C=O) groups excluding carboxylic acids is 2. The van der Waals surface area contributed by atoms with Crippen LogP contribution >= 0.6 is 0 Å². The van der Waals surface area contributed by atoms with Crippen molar-refractivity contribution in [3.05, 3.63) is 59.7 Å². The lowest BCUT2D eigenvalue weighted by molar-refractivity contribution is -0.155. The van der Waals surface area contributed by atoms with Gasteiger partial charge < -0.3 is 24.8 Å². The number of rotatable bonds is 9. The van der Waals surface area contributed by atoms with Gasteiger partial charge in [0.15, 0.2) is 0 Å². The van der Waals surface area contributed by atoms with Crippen LogP contribution < -0.4 is 5.32 Å². The number of hydrogen-bond acceptors (Lipinski definition) is 5. The number of carbonyl (C=O) groups is 3. The van der Waals surface area contributed by atoms with Crippen molar-refractivity contribution in [2.75, 3.05) is 26.8 Å². The van der Waals surface area contributed by atoms with Crippen LogP contribution in [0.4, 0.5) is 4.79 Å². The van der Waals surface area contributed by atoms with Gasteiger partial charge in [-0.1, -0.05) is 48.5 Å². The van der Waals surface area contributed by atoms with E-state index in [0.717, 1.165) is 11.1 Å². The summed E-state index contributed by atoms with van der Waals surface area (Å²) in [6.45, 7) is 2.46. The minimum Gasteiger partial charge on any atom is -0.480 e. The third-order valence-electron chi connectivity index (χ3n) is 7.13. The van der Waals surface area contributed by atoms with Crippen LogP contribution in [0.25, 0.3) is 11.1 Å². The predicted molar refractivity (Wildman–Crippen MR) is 130 cm³/mol. The summed E-state index contributed by atoms with van der Waals surface area (Å²) in [4.78, 5) is 38.1. The van der Waals surface area contributed by atoms with E-state index in [0.29, 0.717) is 19.4 Å². The maximum absolute atomic E-state index is 12.7. The molecule has 1 saturated heterocycles. The third kappa shape index (κ3) is 5.03. The van der Waals surface area contributed by atoms with Crippen molar-refractivity contribution >= 4 is 18.0 Å². The fourth-order valence-corrected chi connectivity index (χ4v) is 5.14. The molecule has 1 aliphatic carbocycles. The van der Waals surface area contributed by atoms with Gasteiger partial charge in [-0.3, -0.25) is 4.79 Å². The lowest BCUT2D eigenvalue weighted by Crippen LogP contribution is -2.50. The molecule has 2 aliphatic rings. The number of likely N-dealkylation sites (tertiary alicyclic amines) is 1. The first-order valence-corrected chi connectivity index (χ1v) is 12.0. The van der Waals surface area contributed by atoms with E-state index >= 15 is 0 Å². The van der Waals surface area contributed by atoms with Crippen LogP contribution in [0.1, 0.15) is 49.7 Å². The van der Waals surface area contributed by atoms with Gasteiger partial charge in [0.05, 0.1) is 6.10 Å². The highest BCUT2D eigenvalue weighted by Gasteiger charge is 2.50. The maximum Gasteiger partial charge on any atom is 0.407 e. The average molecular weight is 481 g/mol. The summed E-state index contributed by atoms with van der Waals surface area (Å²) < 4.78 is 10.8. The maximum atomic E-state index is 12.7. The molecule has 8 nitrogen and oxygen atoms in total. The van der Waals surface area contributed by atoms with E-state index in [1.54, 1.807) is 6.92 Å². The molecule has 2 atom stereocenters. The Bertz CT molecular complexity index is 1060. The number of methoxy groups -OCH3 is 1. The van der Waals surface area contributed by atoms with Gasteiger partial charge in [-0.25, -0.2) is 9.59 Å². The van der Waals surface area contributed by atoms with Crippen molar-refractivity contribution in [1.29, 1.82) is 0 Å². The molecule has 1 aliphatic heterocycles. The minimum absolute atomic E-state index is 0.00528. The van der Waals surface area contributed by atoms with Crippen molar-refractivity contribution < 1.29 is 29.0 Å². The summed E-state index contributed by atoms with van der Waals surface area (Å²) >= 11 is 0. The summed E-state index contributed by atoms with van der Waals surface area (Å²) in [6, 6.07) is 16.3. The number of carboxylic acids is 1. The SMILES string of the molecule is COC1CN(C(=O)CCCCNC(=O)OCC2c3ccccc3-c3ccccc32)C(C)(C(=O)O)C1. The van der Waals surface area contributed by atoms with Crippen LogP contribution in [0.5, 0.6) is 0 Å². The molecule has 0 saturated carbocycles. The fraction of sp³-hybridized carbons (Fsp3) is 0.444. The second-order valence-electron chi connectivity index (χ2n) is 9.35. The molecule has 2 amide bonds. The third-order valence-corrected chi connectivity index (χ3v) is 7.13. The summed E-state index contributed by atoms with van der Waals surface area (Å²) in [5, 5.41) is 12.4. The molecular formula is C27H32N2O6. The number of benzene rings is 2. The highest BCUT2D eigenvalue weighted by molar-refractivity contribution is 5.87. The number of nitrogens with zero attached hydrogens (tertiary/aromatic N) is 1. The number of ether oxygens (including phenoxy) is 2. The highest BCUT2D eigenvalue weighted by Crippen LogP contribution is 2.44. The number of carboxylic acid groups (broad SMARTS) is 1. The van der Waals surface area contributed by atoms with Gasteiger partial charge >= 0.3 is 12.1 Å². The van der Waals surface area contributed by atoms with Crippen molar-refractivity contribution in [2.45, 2.75) is 50.2 Å². The number of nitrogens with one attached hydrogen (secondary N) is 1. The van der Waals surface area contributed by atoms with E-state index in [-0.39, 0.29) is 43.9 Å². The topological polar surface area (TPSA) is 105 Å². The average Bonchev–Trinajstić information content (AvgIpc) is 3.38. The molecule has 2 unspecified atom stereocenters. The first-order chi connectivity index (χ1) is 16.8. The van der Waals surface area contributed by atoms with Gasteiger partial charge in [0.1, 0.15) is 12.1 Å². The number of unbranched alkanes of at least 4 members (excludes halogenated alkanes) is 1. The van der Waals surface area contributed by atoms with Gasteiger partial charge in [0.2, 0.25) is 5.91 Å². The van der Waals surface area contributed by atoms with Crippen molar-refractivity contribution in [2.24, 2.45) is 0 Å². The second-order valence-corrected chi connectivity index (χ2v) is 9.35. The van der Waals surface area contributed by atoms with Gasteiger partial charge in [-0.15, -0.1) is 0 Å². The Labute approximate surface area is 205 Å². The Kier molecular flexibility index (Phi) is 7.40. The van der Waals surface area contributed by atoms with Gasteiger partial charge in [0, 0.05) is 39.0 Å². The Balaban J connectivity index is 1.20. The lowest BCUT2D eigenvalue weighted by atomic mass is 9.98. The zero-order chi connectivity index (χ0) is 25.0. The van der Waals surface area contributed by atoms with E-state index in [4.69, 9.17) is 9.47 Å². The van der Waals surface area contributed by atoms with Crippen LogP contribution in [0.3, 0.4) is 0 Å². The second kappa shape index (κ2) is 10.5. The first-order valence-electron chi connectivity index (χ1n) is 12.0. The molecule has 1 heterocycles. The van der Waals surface area contributed by atoms with Crippen LogP contribution in [-0.2, 0) is 19.1 Å². The number of alkyl carbamates (subject to hydrolysis) is 1. The van der Waals surface area contributed by atoms with Gasteiger partial charge in [-0.05, 0) is 42.0 Å². The summed E-state index contributed by atoms with van der Waals surface area (Å²) in [6.07, 6.45) is 0.835. The number of aliphatic carboxylic acids is 1. The first kappa shape index (κ1) is 24.7. The standard InChI is InChI=1S/C27H32N2O6/c1-27(25(31)32)15-18(34-2)16-29(27)24(30)13-7-8-14-28-26(33)35-17-23-21-11-5-3-9-19(21)20-10-4-6-12-22(20)23/h3-6,9-12,18,23H,7-8,13-17H2,1-2H3,(H,28,33)(H,31,32). The largest absolute Gasteiger partial charge is 0.480 e. The molecular weight excluding hydrogens is 448 g/mol. The Morgan fingerprint density at radius 3 is 2.29 bits per heavy atom. The molecule has 35 heavy (non-hydrogen) atoms. The highest BCUT2D eigenvalue weighted by atomic mass is 16.5. The van der Waals surface area contributed by atoms with E-state index in [1.165, 1.54) is 23.1 Å². The summed E-state index contributed by atoms with van der Waals surface area (Å²) in [7, 11) is 1.52. The van der Waals surface area contributed by atoms with E-state index in [2.05, 4.69) is 29.6 Å². The molecule has 0 aromatic heterocycles. The fourth-order valence-electron chi connectivity index (χ4n) is 5.14. The number of amides is 2. The molecule has 1 fully saturated rings. The zero-order valence-corrected chi connectivity index (χ0v) is 20.2. The smallest absolute Gasteiger partial charge is 0.407 e. The molecule has 0 bridgehead atoms. The van der Waals surface area contributed by atoms with Gasteiger partial charge in [-0.2, -0.15) is 0 Å². The molecule has 2 aromatic carbocycles. The molecule has 8 heteroatoms. The predicted octanol–water partition coefficient (Wildman–Crippen LogP) is 3.79. The van der Waals surface area contributed by atoms with Crippen LogP contribution in [0, 0.1) is 0 Å². The minimum atomic E-state index is -1.25. The normalized spacial score (nSPS) is 20.9. The van der Waals surface area contributed by atoms with E-state index in [1.807, 2.05) is 24.3 Å². The molecule has 2 N–H and O–H groups in total. The molecule has 2 aromatic rings. The van der Waals surface area contributed by atoms with Crippen LogP contribution in [0.2, 0.25) is 0 Å². The Hall–Kier alpha value is -3.39. The van der Waals surface area contributed by atoms with Crippen LogP contribution in [0.15, 0.2) is 48.5 Å². The van der Waals surface area contributed by atoms with Crippen LogP contribution in [-0.4, -0.2) is 66.4 Å². The van der Waals surface area contributed by atoms with Crippen molar-refractivity contribution in [1.82, 2.24) is 10.2 Å². The van der Waals surface area contributed by atoms with Crippen molar-refractivity contribution in [3.8, 4) is 11.1 Å². The van der Waals surface area contributed by atoms with E-state index in [9.17, 15) is 19.5 Å². The lowest BCUT2D eigenvalue weighted by Gasteiger charge is -2.30. The van der Waals surface area contributed by atoms with E-state index < -0.39 is 17.6 Å². The van der Waals surface area contributed by atoms with Gasteiger partial charge in [0.25, 0.3) is 0 Å². The molecule has 4 rings (SSSR count). The summed E-state index contributed by atoms with van der Waals surface area (Å²) in [5.74, 6) is -1.23. The van der Waals surface area contributed by atoms with Crippen molar-refractivity contribution in [3.63, 3.8) is 0 Å². The molecule has 0 radical (unpaired) electrons.